The molecule has 2 aromatic carbocycles. The fourth-order valence-electron chi connectivity index (χ4n) is 4.59. The first-order valence-corrected chi connectivity index (χ1v) is 13.0. The summed E-state index contributed by atoms with van der Waals surface area (Å²) in [5.41, 5.74) is 4.05. The molecule has 7 heteroatoms. The predicted molar refractivity (Wildman–Crippen MR) is 142 cm³/mol. The van der Waals surface area contributed by atoms with Crippen molar-refractivity contribution in [3.05, 3.63) is 46.4 Å². The molecule has 0 saturated carbocycles. The second kappa shape index (κ2) is 11.6. The summed E-state index contributed by atoms with van der Waals surface area (Å²) in [6, 6.07) is 12.4. The summed E-state index contributed by atoms with van der Waals surface area (Å²) >= 11 is 12.3. The van der Waals surface area contributed by atoms with Gasteiger partial charge in [-0.2, -0.15) is 0 Å². The Morgan fingerprint density at radius 1 is 0.909 bits per heavy atom. The molecule has 1 fully saturated rings. The number of likely N-dealkylation sites (N-methyl/N-ethyl adjacent to an activating group) is 1. The van der Waals surface area contributed by atoms with Crippen molar-refractivity contribution in [2.24, 2.45) is 0 Å². The number of fused-ring (bicyclic) bond motifs is 1. The first-order chi connectivity index (χ1) is 16.1. The lowest BCUT2D eigenvalue weighted by Crippen LogP contribution is -2.41. The number of hydrogen-bond acceptors (Lipinski definition) is 4. The molecule has 1 aliphatic rings. The molecule has 0 bridgehead atoms. The lowest BCUT2D eigenvalue weighted by atomic mass is 10.1. The first-order valence-electron chi connectivity index (χ1n) is 12.2. The molecule has 0 aliphatic carbocycles. The molecule has 0 spiro atoms. The van der Waals surface area contributed by atoms with E-state index in [-0.39, 0.29) is 0 Å². The number of piperidine rings is 1. The van der Waals surface area contributed by atoms with Gasteiger partial charge in [0, 0.05) is 37.4 Å². The molecule has 0 amide bonds. The summed E-state index contributed by atoms with van der Waals surface area (Å²) in [4.78, 5) is 15.7. The van der Waals surface area contributed by atoms with E-state index in [1.165, 1.54) is 38.0 Å². The number of likely N-dealkylation sites (tertiary alicyclic amines) is 1. The van der Waals surface area contributed by atoms with Gasteiger partial charge < -0.3 is 19.7 Å². The molecule has 0 radical (unpaired) electrons. The summed E-state index contributed by atoms with van der Waals surface area (Å²) in [6.07, 6.45) is 4.05. The Balaban J connectivity index is 1.49. The predicted octanol–water partition coefficient (Wildman–Crippen LogP) is 6.17. The zero-order valence-electron chi connectivity index (χ0n) is 19.8. The fraction of sp³-hybridized carbons (Fsp3) is 0.500. The van der Waals surface area contributed by atoms with Crippen molar-refractivity contribution in [1.29, 1.82) is 0 Å². The molecule has 5 nitrogen and oxygen atoms in total. The Morgan fingerprint density at radius 3 is 2.30 bits per heavy atom. The summed E-state index contributed by atoms with van der Waals surface area (Å²) in [7, 11) is 0. The highest BCUT2D eigenvalue weighted by Gasteiger charge is 2.15. The topological polar surface area (TPSA) is 38.4 Å². The van der Waals surface area contributed by atoms with Crippen molar-refractivity contribution in [2.75, 3.05) is 57.3 Å². The van der Waals surface area contributed by atoms with E-state index in [2.05, 4.69) is 57.8 Å². The van der Waals surface area contributed by atoms with Crippen molar-refractivity contribution >= 4 is 39.9 Å². The highest BCUT2D eigenvalue weighted by molar-refractivity contribution is 6.42. The molecule has 178 valence electrons. The highest BCUT2D eigenvalue weighted by atomic mass is 35.5. The van der Waals surface area contributed by atoms with Crippen LogP contribution in [-0.2, 0) is 0 Å². The van der Waals surface area contributed by atoms with Crippen LogP contribution in [0, 0.1) is 0 Å². The third kappa shape index (κ3) is 6.21. The Hall–Kier alpha value is -1.79. The molecule has 0 unspecified atom stereocenters. The quantitative estimate of drug-likeness (QED) is 0.370. The molecule has 1 saturated heterocycles. The molecule has 33 heavy (non-hydrogen) atoms. The van der Waals surface area contributed by atoms with Gasteiger partial charge in [0.2, 0.25) is 0 Å². The minimum Gasteiger partial charge on any atom is -0.369 e. The maximum atomic E-state index is 6.17. The van der Waals surface area contributed by atoms with Crippen molar-refractivity contribution < 1.29 is 0 Å². The number of hydrogen-bond donors (Lipinski definition) is 1. The smallest absolute Gasteiger partial charge is 0.138 e. The number of nitrogens with one attached hydrogen (secondary N) is 1. The van der Waals surface area contributed by atoms with Crippen molar-refractivity contribution in [3.63, 3.8) is 0 Å². The van der Waals surface area contributed by atoms with E-state index in [1.54, 1.807) is 0 Å². The maximum absolute atomic E-state index is 6.17. The van der Waals surface area contributed by atoms with E-state index in [1.807, 2.05) is 12.1 Å². The number of rotatable bonds is 10. The van der Waals surface area contributed by atoms with Crippen LogP contribution in [0.25, 0.3) is 22.4 Å². The van der Waals surface area contributed by atoms with Gasteiger partial charge >= 0.3 is 0 Å². The number of aromatic nitrogens is 2. The number of imidazole rings is 1. The van der Waals surface area contributed by atoms with Gasteiger partial charge in [0.25, 0.3) is 0 Å². The van der Waals surface area contributed by atoms with Crippen molar-refractivity contribution in [3.8, 4) is 11.4 Å². The molecular weight excluding hydrogens is 453 g/mol. The van der Waals surface area contributed by atoms with E-state index in [4.69, 9.17) is 28.2 Å². The Kier molecular flexibility index (Phi) is 8.53. The van der Waals surface area contributed by atoms with Gasteiger partial charge in [0.15, 0.2) is 0 Å². The second-order valence-corrected chi connectivity index (χ2v) is 9.65. The van der Waals surface area contributed by atoms with Crippen LogP contribution >= 0.6 is 23.2 Å². The van der Waals surface area contributed by atoms with Crippen LogP contribution in [0.4, 0.5) is 5.69 Å². The lowest BCUT2D eigenvalue weighted by Gasteiger charge is -2.32. The summed E-state index contributed by atoms with van der Waals surface area (Å²) in [5.74, 6) is 0.831. The van der Waals surface area contributed by atoms with Crippen LogP contribution in [-0.4, -0.2) is 72.1 Å². The number of halogens is 2. The highest BCUT2D eigenvalue weighted by Crippen LogP contribution is 2.29. The van der Waals surface area contributed by atoms with Gasteiger partial charge in [-0.3, -0.25) is 0 Å². The minimum absolute atomic E-state index is 0.523. The van der Waals surface area contributed by atoms with Crippen LogP contribution in [0.5, 0.6) is 0 Å². The number of aromatic amines is 1. The Labute approximate surface area is 207 Å². The van der Waals surface area contributed by atoms with Gasteiger partial charge in [-0.05, 0) is 75.4 Å². The second-order valence-electron chi connectivity index (χ2n) is 8.83. The number of H-pyrrole nitrogens is 1. The van der Waals surface area contributed by atoms with Crippen molar-refractivity contribution in [1.82, 2.24) is 19.8 Å². The zero-order chi connectivity index (χ0) is 23.2. The van der Waals surface area contributed by atoms with Crippen LogP contribution in [0.1, 0.15) is 33.1 Å². The molecule has 1 aromatic heterocycles. The zero-order valence-corrected chi connectivity index (χ0v) is 21.3. The van der Waals surface area contributed by atoms with E-state index in [0.717, 1.165) is 61.7 Å². The summed E-state index contributed by atoms with van der Waals surface area (Å²) in [6.45, 7) is 13.5. The lowest BCUT2D eigenvalue weighted by molar-refractivity contribution is 0.231. The van der Waals surface area contributed by atoms with Gasteiger partial charge in [-0.15, -0.1) is 0 Å². The van der Waals surface area contributed by atoms with E-state index >= 15 is 0 Å². The van der Waals surface area contributed by atoms with Crippen LogP contribution < -0.4 is 4.90 Å². The van der Waals surface area contributed by atoms with Gasteiger partial charge in [-0.1, -0.05) is 43.5 Å². The molecule has 3 aromatic rings. The maximum Gasteiger partial charge on any atom is 0.138 e. The normalized spacial score (nSPS) is 14.9. The molecule has 1 aliphatic heterocycles. The van der Waals surface area contributed by atoms with Gasteiger partial charge in [-0.25, -0.2) is 4.98 Å². The third-order valence-electron chi connectivity index (χ3n) is 6.75. The SMILES string of the molecule is CCN(CC)CCN(CCN1CCCCC1)c1ccc(-c2nc3cc(Cl)c(Cl)cc3[nH]2)cc1. The summed E-state index contributed by atoms with van der Waals surface area (Å²) < 4.78 is 0. The van der Waals surface area contributed by atoms with Gasteiger partial charge in [0.1, 0.15) is 5.82 Å². The molecule has 4 rings (SSSR count). The van der Waals surface area contributed by atoms with Crippen LogP contribution in [0.2, 0.25) is 10.0 Å². The monoisotopic (exact) mass is 487 g/mol. The van der Waals surface area contributed by atoms with Crippen molar-refractivity contribution in [2.45, 2.75) is 33.1 Å². The fourth-order valence-corrected chi connectivity index (χ4v) is 4.91. The molecule has 2 heterocycles. The first kappa shape index (κ1) is 24.3. The number of benzene rings is 2. The Bertz CT molecular complexity index is 984. The molecule has 0 atom stereocenters. The average molecular weight is 489 g/mol. The minimum atomic E-state index is 0.523. The van der Waals surface area contributed by atoms with E-state index in [9.17, 15) is 0 Å². The number of nitrogens with zero attached hydrogens (tertiary/aromatic N) is 4. The van der Waals surface area contributed by atoms with Crippen LogP contribution in [0.3, 0.4) is 0 Å². The average Bonchev–Trinajstić information content (AvgIpc) is 3.25. The molecular formula is C26H35Cl2N5. The van der Waals surface area contributed by atoms with Crippen LogP contribution in [0.15, 0.2) is 36.4 Å². The van der Waals surface area contributed by atoms with E-state index in [0.29, 0.717) is 10.0 Å². The molecule has 1 N–H and O–H groups in total. The van der Waals surface area contributed by atoms with Gasteiger partial charge in [0.05, 0.1) is 21.1 Å². The third-order valence-corrected chi connectivity index (χ3v) is 7.47. The standard InChI is InChI=1S/C26H35Cl2N5/c1-3-31(4-2)14-16-33(17-15-32-12-6-5-7-13-32)21-10-8-20(9-11-21)26-29-24-18-22(27)23(28)19-25(24)30-26/h8-11,18-19H,3-7,12-17H2,1-2H3,(H,29,30). The summed E-state index contributed by atoms with van der Waals surface area (Å²) in [5, 5.41) is 1.06. The Morgan fingerprint density at radius 2 is 1.61 bits per heavy atom. The van der Waals surface area contributed by atoms with E-state index < -0.39 is 0 Å². The largest absolute Gasteiger partial charge is 0.369 e. The number of anilines is 1.